The third kappa shape index (κ3) is 9.76. The summed E-state index contributed by atoms with van der Waals surface area (Å²) in [5.74, 6) is -1.37. The van der Waals surface area contributed by atoms with Gasteiger partial charge in [0.1, 0.15) is 20.9 Å². The van der Waals surface area contributed by atoms with Crippen molar-refractivity contribution in [1.82, 2.24) is 9.78 Å². The molecule has 5 rings (SSSR count). The van der Waals surface area contributed by atoms with Gasteiger partial charge in [-0.2, -0.15) is 18.3 Å². The van der Waals surface area contributed by atoms with E-state index in [-0.39, 0.29) is 59.2 Å². The number of nitrogens with zero attached hydrogens (tertiary/aromatic N) is 3. The second kappa shape index (κ2) is 16.0. The van der Waals surface area contributed by atoms with E-state index in [1.54, 1.807) is 12.1 Å². The van der Waals surface area contributed by atoms with Crippen molar-refractivity contribution in [3.05, 3.63) is 104 Å². The van der Waals surface area contributed by atoms with Crippen LogP contribution in [-0.2, 0) is 25.8 Å². The molecule has 0 radical (unpaired) electrons. The zero-order valence-corrected chi connectivity index (χ0v) is 29.4. The van der Waals surface area contributed by atoms with Gasteiger partial charge in [0.15, 0.2) is 5.69 Å². The largest absolute Gasteiger partial charge is 0.519 e. The van der Waals surface area contributed by atoms with Gasteiger partial charge in [0, 0.05) is 10.4 Å². The van der Waals surface area contributed by atoms with E-state index in [0.717, 1.165) is 39.4 Å². The molecule has 0 saturated heterocycles. The van der Waals surface area contributed by atoms with Gasteiger partial charge in [0.05, 0.1) is 29.5 Å². The van der Waals surface area contributed by atoms with Crippen molar-refractivity contribution in [2.45, 2.75) is 23.9 Å². The molecule has 0 saturated carbocycles. The third-order valence-corrected chi connectivity index (χ3v) is 10.7. The zero-order chi connectivity index (χ0) is 37.6. The number of primary sulfonamides is 1. The Morgan fingerprint density at radius 2 is 1.60 bits per heavy atom. The van der Waals surface area contributed by atoms with Crippen LogP contribution in [0.25, 0.3) is 27.4 Å². The number of nitrogens with two attached hydrogens (primary N) is 1. The maximum Gasteiger partial charge on any atom is 0.519 e. The van der Waals surface area contributed by atoms with Gasteiger partial charge in [0.2, 0.25) is 10.0 Å². The Kier molecular flexibility index (Phi) is 11.7. The molecule has 2 heterocycles. The van der Waals surface area contributed by atoms with Crippen molar-refractivity contribution in [2.75, 3.05) is 13.2 Å². The minimum absolute atomic E-state index is 0.0138. The van der Waals surface area contributed by atoms with E-state index in [9.17, 15) is 41.3 Å². The van der Waals surface area contributed by atoms with E-state index in [4.69, 9.17) is 31.6 Å². The Hall–Kier alpha value is -5.22. The fourth-order valence-corrected chi connectivity index (χ4v) is 7.40. The predicted octanol–water partition coefficient (Wildman–Crippen LogP) is 7.45. The average molecular weight is 797 g/mol. The number of alkyl halides is 3. The third-order valence-electron chi connectivity index (χ3n) is 6.87. The number of carbonyl (C=O) groups excluding carboxylic acids is 2. The van der Waals surface area contributed by atoms with Crippen molar-refractivity contribution < 1.29 is 55.3 Å². The molecule has 0 aliphatic rings. The Balaban J connectivity index is 1.46. The molecule has 0 aliphatic carbocycles. The molecular weight excluding hydrogens is 774 g/mol. The molecule has 21 heteroatoms. The van der Waals surface area contributed by atoms with Crippen LogP contribution in [0.4, 0.5) is 18.0 Å². The van der Waals surface area contributed by atoms with Crippen LogP contribution < -0.4 is 14.6 Å². The summed E-state index contributed by atoms with van der Waals surface area (Å²) in [6.45, 7) is -0.437. The number of benzene rings is 3. The predicted molar refractivity (Wildman–Crippen MR) is 183 cm³/mol. The van der Waals surface area contributed by atoms with Gasteiger partial charge in [-0.3, -0.25) is 0 Å². The Bertz CT molecular complexity index is 2270. The van der Waals surface area contributed by atoms with Crippen LogP contribution in [0, 0.1) is 13.9 Å². The lowest BCUT2D eigenvalue weighted by Crippen LogP contribution is -2.17. The van der Waals surface area contributed by atoms with Crippen molar-refractivity contribution in [3.8, 4) is 38.9 Å². The number of aromatic nitrogens is 2. The fraction of sp³-hybridized carbons (Fsp3) is 0.161. The number of sulfonamides is 1. The summed E-state index contributed by atoms with van der Waals surface area (Å²) in [6, 6.07) is 16.9. The normalized spacial score (nSPS) is 11.5. The summed E-state index contributed by atoms with van der Waals surface area (Å²) in [6.07, 6.45) is -5.85. The number of esters is 1. The first kappa shape index (κ1) is 38.0. The maximum absolute atomic E-state index is 13.9. The summed E-state index contributed by atoms with van der Waals surface area (Å²) < 4.78 is 82.5. The molecule has 0 spiro atoms. The van der Waals surface area contributed by atoms with Crippen LogP contribution in [0.15, 0.2) is 83.8 Å². The first-order chi connectivity index (χ1) is 24.6. The number of hydrogen-bond donors (Lipinski definition) is 1. The number of rotatable bonds is 13. The first-order valence-corrected chi connectivity index (χ1v) is 18.7. The highest BCUT2D eigenvalue weighted by Crippen LogP contribution is 2.36. The second-order valence-corrected chi connectivity index (χ2v) is 14.9. The summed E-state index contributed by atoms with van der Waals surface area (Å²) in [5.41, 5.74) is -0.991. The molecule has 52 heavy (non-hydrogen) atoms. The molecule has 0 atom stereocenters. The van der Waals surface area contributed by atoms with E-state index in [1.165, 1.54) is 51.0 Å². The fourth-order valence-electron chi connectivity index (χ4n) is 4.49. The van der Waals surface area contributed by atoms with Crippen molar-refractivity contribution in [1.29, 1.82) is 0 Å². The van der Waals surface area contributed by atoms with Gasteiger partial charge in [-0.05, 0) is 91.2 Å². The quantitative estimate of drug-likeness (QED) is 0.0236. The Morgan fingerprint density at radius 1 is 0.923 bits per heavy atom. The van der Waals surface area contributed by atoms with Gasteiger partial charge in [-0.15, -0.1) is 10.1 Å². The summed E-state index contributed by atoms with van der Waals surface area (Å²) >= 11 is 5.17. The zero-order valence-electron chi connectivity index (χ0n) is 26.1. The minimum Gasteiger partial charge on any atom is -0.462 e. The number of halogens is 3. The molecular formula is C31H23F3N4O10S4. The van der Waals surface area contributed by atoms with Crippen LogP contribution in [0.1, 0.15) is 28.9 Å². The van der Waals surface area contributed by atoms with E-state index in [0.29, 0.717) is 9.89 Å². The molecule has 3 aromatic carbocycles. The van der Waals surface area contributed by atoms with Gasteiger partial charge >= 0.3 is 18.3 Å². The number of unbranched alkanes of at least 4 members (excludes halogenated alkanes) is 1. The highest BCUT2D eigenvalue weighted by atomic mass is 32.9. The van der Waals surface area contributed by atoms with Gasteiger partial charge in [-0.25, -0.2) is 27.8 Å². The van der Waals surface area contributed by atoms with Crippen LogP contribution in [0.2, 0.25) is 0 Å². The minimum atomic E-state index is -4.90. The van der Waals surface area contributed by atoms with E-state index >= 15 is 0 Å². The summed E-state index contributed by atoms with van der Waals surface area (Å²) in [5, 5.41) is 18.2. The first-order valence-electron chi connectivity index (χ1n) is 14.6. The molecule has 14 nitrogen and oxygen atoms in total. The molecule has 0 aliphatic heterocycles. The van der Waals surface area contributed by atoms with Gasteiger partial charge in [-0.1, -0.05) is 39.0 Å². The number of carbonyl (C=O) groups is 2. The molecule has 0 bridgehead atoms. The van der Waals surface area contributed by atoms with Crippen molar-refractivity contribution >= 4 is 55.0 Å². The molecule has 0 fully saturated rings. The molecule has 2 N–H and O–H groups in total. The van der Waals surface area contributed by atoms with Gasteiger partial charge in [0.25, 0.3) is 5.09 Å². The lowest BCUT2D eigenvalue weighted by molar-refractivity contribution is -0.757. The lowest BCUT2D eigenvalue weighted by atomic mass is 10.1. The summed E-state index contributed by atoms with van der Waals surface area (Å²) in [4.78, 5) is 41.2. The van der Waals surface area contributed by atoms with E-state index in [2.05, 4.69) is 9.94 Å². The standard InChI is InChI=1S/C31H23F3N4O10S4/c32-31(33,34)27-16-24(37(36-27)20-6-10-22(11-7-20)52(35,43)44)19-5-12-23(29(39)45-13-1-2-14-46-38(41)42)25(15-19)48-30(40)47-21-8-3-18(4-9-21)26-17-28(49)51-50-26/h3-12,15-17H,1-2,13-14H2,(H2,35,43,44). The second-order valence-electron chi connectivity index (χ2n) is 10.4. The van der Waals surface area contributed by atoms with Crippen LogP contribution >= 0.6 is 32.9 Å². The maximum atomic E-state index is 13.9. The molecule has 5 aromatic rings. The summed E-state index contributed by atoms with van der Waals surface area (Å²) in [7, 11) is -1.21. The molecule has 0 unspecified atom stereocenters. The Labute approximate surface area is 304 Å². The topological polar surface area (TPSA) is 192 Å². The molecule has 272 valence electrons. The SMILES string of the molecule is NS(=O)(=O)c1ccc(-n2nc(C(F)(F)F)cc2-c2ccc(C(=O)OCCCCO[N+](=O)[O-])c(OC(=O)Oc3ccc(-c4cc(=S)ss4)cc3)c2)cc1. The smallest absolute Gasteiger partial charge is 0.462 e. The highest BCUT2D eigenvalue weighted by molar-refractivity contribution is 7.89. The van der Waals surface area contributed by atoms with Crippen molar-refractivity contribution in [2.24, 2.45) is 5.14 Å². The average Bonchev–Trinajstić information content (AvgIpc) is 3.73. The number of ether oxygens (including phenoxy) is 3. The lowest BCUT2D eigenvalue weighted by Gasteiger charge is -2.13. The van der Waals surface area contributed by atoms with Crippen LogP contribution in [0.5, 0.6) is 11.5 Å². The van der Waals surface area contributed by atoms with Crippen LogP contribution in [-0.4, -0.2) is 48.6 Å². The van der Waals surface area contributed by atoms with E-state index in [1.807, 2.05) is 6.07 Å². The number of hydrogen-bond acceptors (Lipinski definition) is 14. The van der Waals surface area contributed by atoms with Crippen molar-refractivity contribution in [3.63, 3.8) is 0 Å². The molecule has 2 aromatic heterocycles. The van der Waals surface area contributed by atoms with E-state index < -0.39 is 44.9 Å². The monoisotopic (exact) mass is 796 g/mol. The van der Waals surface area contributed by atoms with Gasteiger partial charge < -0.3 is 19.0 Å². The van der Waals surface area contributed by atoms with Crippen LogP contribution in [0.3, 0.4) is 0 Å². The Morgan fingerprint density at radius 3 is 2.21 bits per heavy atom. The highest BCUT2D eigenvalue weighted by Gasteiger charge is 2.35. The molecule has 0 amide bonds.